The SMILES string of the molecule is CCOCCN(C)CC(NC)C1CCOC1. The number of likely N-dealkylation sites (N-methyl/N-ethyl adjacent to an activating group) is 2. The van der Waals surface area contributed by atoms with Gasteiger partial charge in [-0.25, -0.2) is 0 Å². The highest BCUT2D eigenvalue weighted by molar-refractivity contribution is 4.80. The quantitative estimate of drug-likeness (QED) is 0.619. The lowest BCUT2D eigenvalue weighted by Gasteiger charge is -2.27. The molecule has 0 amide bonds. The fourth-order valence-corrected chi connectivity index (χ4v) is 2.14. The van der Waals surface area contributed by atoms with Gasteiger partial charge in [-0.05, 0) is 27.4 Å². The van der Waals surface area contributed by atoms with Gasteiger partial charge in [-0.1, -0.05) is 0 Å². The molecule has 0 aromatic heterocycles. The summed E-state index contributed by atoms with van der Waals surface area (Å²) in [7, 11) is 4.19. The van der Waals surface area contributed by atoms with Crippen molar-refractivity contribution < 1.29 is 9.47 Å². The van der Waals surface area contributed by atoms with Gasteiger partial charge in [0.25, 0.3) is 0 Å². The molecule has 2 unspecified atom stereocenters. The van der Waals surface area contributed by atoms with Gasteiger partial charge in [-0.2, -0.15) is 0 Å². The second-order valence-corrected chi connectivity index (χ2v) is 4.48. The molecule has 16 heavy (non-hydrogen) atoms. The Morgan fingerprint density at radius 1 is 1.56 bits per heavy atom. The van der Waals surface area contributed by atoms with E-state index >= 15 is 0 Å². The second kappa shape index (κ2) is 8.01. The molecule has 1 saturated heterocycles. The average molecular weight is 230 g/mol. The Bertz CT molecular complexity index is 172. The van der Waals surface area contributed by atoms with Crippen molar-refractivity contribution >= 4 is 0 Å². The molecule has 1 N–H and O–H groups in total. The van der Waals surface area contributed by atoms with E-state index in [1.807, 2.05) is 14.0 Å². The maximum Gasteiger partial charge on any atom is 0.0593 e. The highest BCUT2D eigenvalue weighted by atomic mass is 16.5. The third kappa shape index (κ3) is 4.78. The van der Waals surface area contributed by atoms with Crippen LogP contribution >= 0.6 is 0 Å². The van der Waals surface area contributed by atoms with E-state index in [1.165, 1.54) is 6.42 Å². The van der Waals surface area contributed by atoms with E-state index in [1.54, 1.807) is 0 Å². The smallest absolute Gasteiger partial charge is 0.0593 e. The van der Waals surface area contributed by atoms with Gasteiger partial charge in [0, 0.05) is 38.3 Å². The Hall–Kier alpha value is -0.160. The first kappa shape index (κ1) is 13.9. The summed E-state index contributed by atoms with van der Waals surface area (Å²) < 4.78 is 10.8. The molecular formula is C12H26N2O2. The molecule has 1 aliphatic rings. The van der Waals surface area contributed by atoms with E-state index in [-0.39, 0.29) is 0 Å². The van der Waals surface area contributed by atoms with Crippen LogP contribution in [0.1, 0.15) is 13.3 Å². The van der Waals surface area contributed by atoms with Crippen molar-refractivity contribution in [2.75, 3.05) is 53.6 Å². The van der Waals surface area contributed by atoms with Crippen LogP contribution in [0.5, 0.6) is 0 Å². The summed E-state index contributed by atoms with van der Waals surface area (Å²) in [5.41, 5.74) is 0. The summed E-state index contributed by atoms with van der Waals surface area (Å²) in [5, 5.41) is 3.40. The monoisotopic (exact) mass is 230 g/mol. The predicted octanol–water partition coefficient (Wildman–Crippen LogP) is 0.579. The zero-order valence-corrected chi connectivity index (χ0v) is 10.9. The van der Waals surface area contributed by atoms with Gasteiger partial charge < -0.3 is 19.7 Å². The summed E-state index contributed by atoms with van der Waals surface area (Å²) in [4.78, 5) is 2.33. The maximum absolute atomic E-state index is 5.44. The van der Waals surface area contributed by atoms with E-state index in [2.05, 4.69) is 17.3 Å². The predicted molar refractivity (Wildman–Crippen MR) is 65.8 cm³/mol. The Morgan fingerprint density at radius 3 is 2.94 bits per heavy atom. The largest absolute Gasteiger partial charge is 0.381 e. The molecule has 2 atom stereocenters. The van der Waals surface area contributed by atoms with Crippen molar-refractivity contribution in [3.8, 4) is 0 Å². The zero-order valence-electron chi connectivity index (χ0n) is 10.9. The van der Waals surface area contributed by atoms with Crippen LogP contribution in [0.2, 0.25) is 0 Å². The summed E-state index contributed by atoms with van der Waals surface area (Å²) in [6.45, 7) is 7.56. The fourth-order valence-electron chi connectivity index (χ4n) is 2.14. The lowest BCUT2D eigenvalue weighted by molar-refractivity contribution is 0.113. The molecule has 0 aliphatic carbocycles. The first-order valence-electron chi connectivity index (χ1n) is 6.29. The summed E-state index contributed by atoms with van der Waals surface area (Å²) in [6.07, 6.45) is 1.19. The molecule has 0 bridgehead atoms. The van der Waals surface area contributed by atoms with Crippen molar-refractivity contribution in [2.45, 2.75) is 19.4 Å². The number of nitrogens with zero attached hydrogens (tertiary/aromatic N) is 1. The molecule has 0 aromatic rings. The lowest BCUT2D eigenvalue weighted by atomic mass is 9.99. The zero-order chi connectivity index (χ0) is 11.8. The average Bonchev–Trinajstić information content (AvgIpc) is 2.79. The van der Waals surface area contributed by atoms with Gasteiger partial charge in [0.05, 0.1) is 13.2 Å². The van der Waals surface area contributed by atoms with Gasteiger partial charge >= 0.3 is 0 Å². The molecule has 1 heterocycles. The van der Waals surface area contributed by atoms with Crippen molar-refractivity contribution in [2.24, 2.45) is 5.92 Å². The van der Waals surface area contributed by atoms with Crippen LogP contribution < -0.4 is 5.32 Å². The molecule has 4 heteroatoms. The van der Waals surface area contributed by atoms with Crippen LogP contribution in [-0.4, -0.2) is 64.6 Å². The summed E-state index contributed by atoms with van der Waals surface area (Å²) in [6, 6.07) is 0.536. The number of rotatable bonds is 8. The van der Waals surface area contributed by atoms with Crippen LogP contribution in [0, 0.1) is 5.92 Å². The maximum atomic E-state index is 5.44. The standard InChI is InChI=1S/C12H26N2O2/c1-4-15-8-6-14(3)9-12(13-2)11-5-7-16-10-11/h11-13H,4-10H2,1-3H3. The lowest BCUT2D eigenvalue weighted by Crippen LogP contribution is -2.44. The Morgan fingerprint density at radius 2 is 2.38 bits per heavy atom. The van der Waals surface area contributed by atoms with Gasteiger partial charge in [-0.3, -0.25) is 0 Å². The van der Waals surface area contributed by atoms with E-state index in [4.69, 9.17) is 9.47 Å². The minimum Gasteiger partial charge on any atom is -0.381 e. The summed E-state index contributed by atoms with van der Waals surface area (Å²) in [5.74, 6) is 0.666. The van der Waals surface area contributed by atoms with E-state index in [9.17, 15) is 0 Å². The van der Waals surface area contributed by atoms with Crippen molar-refractivity contribution in [1.82, 2.24) is 10.2 Å². The molecule has 4 nitrogen and oxygen atoms in total. The van der Waals surface area contributed by atoms with E-state index < -0.39 is 0 Å². The number of ether oxygens (including phenoxy) is 2. The Labute approximate surface area is 99.3 Å². The topological polar surface area (TPSA) is 33.7 Å². The normalized spacial score (nSPS) is 22.9. The van der Waals surface area contributed by atoms with Crippen LogP contribution in [0.4, 0.5) is 0 Å². The van der Waals surface area contributed by atoms with Crippen LogP contribution in [0.3, 0.4) is 0 Å². The van der Waals surface area contributed by atoms with Gasteiger partial charge in [0.1, 0.15) is 0 Å². The number of nitrogens with one attached hydrogen (secondary N) is 1. The van der Waals surface area contributed by atoms with E-state index in [0.717, 1.165) is 39.5 Å². The van der Waals surface area contributed by atoms with Gasteiger partial charge in [0.15, 0.2) is 0 Å². The van der Waals surface area contributed by atoms with Crippen molar-refractivity contribution in [3.05, 3.63) is 0 Å². The molecule has 1 fully saturated rings. The minimum atomic E-state index is 0.536. The molecule has 1 rings (SSSR count). The Balaban J connectivity index is 2.20. The first-order chi connectivity index (χ1) is 7.77. The molecule has 0 spiro atoms. The van der Waals surface area contributed by atoms with Crippen LogP contribution in [0.15, 0.2) is 0 Å². The number of hydrogen-bond acceptors (Lipinski definition) is 4. The minimum absolute atomic E-state index is 0.536. The second-order valence-electron chi connectivity index (χ2n) is 4.48. The highest BCUT2D eigenvalue weighted by Gasteiger charge is 2.25. The third-order valence-corrected chi connectivity index (χ3v) is 3.23. The fraction of sp³-hybridized carbons (Fsp3) is 1.00. The van der Waals surface area contributed by atoms with Crippen LogP contribution in [-0.2, 0) is 9.47 Å². The molecule has 96 valence electrons. The highest BCUT2D eigenvalue weighted by Crippen LogP contribution is 2.17. The first-order valence-corrected chi connectivity index (χ1v) is 6.29. The molecule has 1 aliphatic heterocycles. The van der Waals surface area contributed by atoms with Gasteiger partial charge in [0.2, 0.25) is 0 Å². The number of hydrogen-bond donors (Lipinski definition) is 1. The third-order valence-electron chi connectivity index (χ3n) is 3.23. The molecule has 0 aromatic carbocycles. The molecular weight excluding hydrogens is 204 g/mol. The Kier molecular flexibility index (Phi) is 6.96. The molecule has 0 radical (unpaired) electrons. The molecule has 0 saturated carbocycles. The van der Waals surface area contributed by atoms with Crippen LogP contribution in [0.25, 0.3) is 0 Å². The van der Waals surface area contributed by atoms with E-state index in [0.29, 0.717) is 12.0 Å². The summed E-state index contributed by atoms with van der Waals surface area (Å²) >= 11 is 0. The van der Waals surface area contributed by atoms with Gasteiger partial charge in [-0.15, -0.1) is 0 Å². The van der Waals surface area contributed by atoms with Crippen molar-refractivity contribution in [1.29, 1.82) is 0 Å². The van der Waals surface area contributed by atoms with Crippen molar-refractivity contribution in [3.63, 3.8) is 0 Å².